The van der Waals surface area contributed by atoms with Crippen LogP contribution in [0.2, 0.25) is 0 Å². The van der Waals surface area contributed by atoms with Crippen molar-refractivity contribution in [1.29, 1.82) is 0 Å². The first kappa shape index (κ1) is 15.9. The van der Waals surface area contributed by atoms with Crippen molar-refractivity contribution < 1.29 is 0 Å². The van der Waals surface area contributed by atoms with Crippen LogP contribution in [-0.4, -0.2) is 17.4 Å². The van der Waals surface area contributed by atoms with E-state index < -0.39 is 0 Å². The van der Waals surface area contributed by atoms with E-state index in [-0.39, 0.29) is 0 Å². The Morgan fingerprint density at radius 3 is 2.14 bits per heavy atom. The van der Waals surface area contributed by atoms with Crippen molar-refractivity contribution in [2.75, 3.05) is 17.6 Å². The summed E-state index contributed by atoms with van der Waals surface area (Å²) in [5.41, 5.74) is 3.55. The van der Waals surface area contributed by atoms with Crippen LogP contribution in [0.25, 0.3) is 0 Å². The summed E-state index contributed by atoms with van der Waals surface area (Å²) in [6, 6.07) is 16.8. The van der Waals surface area contributed by atoms with Crippen molar-refractivity contribution in [3.8, 4) is 0 Å². The van der Waals surface area contributed by atoms with Gasteiger partial charge in [-0.25, -0.2) is 0 Å². The average molecular weight is 316 g/mol. The second-order valence-electron chi connectivity index (χ2n) is 4.91. The van der Waals surface area contributed by atoms with E-state index in [0.717, 1.165) is 18.0 Å². The minimum Gasteiger partial charge on any atom is -0.362 e. The van der Waals surface area contributed by atoms with Gasteiger partial charge in [0.15, 0.2) is 5.11 Å². The van der Waals surface area contributed by atoms with E-state index in [4.69, 9.17) is 12.2 Å². The van der Waals surface area contributed by atoms with Gasteiger partial charge in [0.2, 0.25) is 0 Å². The van der Waals surface area contributed by atoms with Gasteiger partial charge in [-0.15, -0.1) is 11.8 Å². The Morgan fingerprint density at radius 1 is 0.952 bits per heavy atom. The van der Waals surface area contributed by atoms with Gasteiger partial charge in [-0.2, -0.15) is 0 Å². The molecule has 0 aliphatic heterocycles. The minimum absolute atomic E-state index is 0.670. The monoisotopic (exact) mass is 316 g/mol. The summed E-state index contributed by atoms with van der Waals surface area (Å²) >= 11 is 7.11. The van der Waals surface area contributed by atoms with Crippen molar-refractivity contribution in [3.63, 3.8) is 0 Å². The van der Waals surface area contributed by atoms with Crippen LogP contribution in [0.15, 0.2) is 53.4 Å². The highest BCUT2D eigenvalue weighted by Gasteiger charge is 1.98. The summed E-state index contributed by atoms with van der Waals surface area (Å²) in [5, 5.41) is 7.08. The Hall–Kier alpha value is -1.52. The summed E-state index contributed by atoms with van der Waals surface area (Å²) in [6.07, 6.45) is 0. The first-order chi connectivity index (χ1) is 10.1. The summed E-state index contributed by atoms with van der Waals surface area (Å²) in [6.45, 7) is 5.02. The predicted molar refractivity (Wildman–Crippen MR) is 97.3 cm³/mol. The average Bonchev–Trinajstić information content (AvgIpc) is 2.48. The maximum Gasteiger partial charge on any atom is 0.170 e. The lowest BCUT2D eigenvalue weighted by Crippen LogP contribution is -2.30. The molecular formula is C17H20N2S2. The van der Waals surface area contributed by atoms with E-state index in [1.165, 1.54) is 16.0 Å². The first-order valence-corrected chi connectivity index (χ1v) is 8.34. The molecule has 2 rings (SSSR count). The molecular weight excluding hydrogens is 296 g/mol. The topological polar surface area (TPSA) is 24.1 Å². The SMILES string of the molecule is Cc1ccc(NC(=S)NCCSc2ccc(C)cc2)cc1. The van der Waals surface area contributed by atoms with E-state index in [1.807, 2.05) is 23.9 Å². The zero-order chi connectivity index (χ0) is 15.1. The lowest BCUT2D eigenvalue weighted by Gasteiger charge is -2.10. The molecule has 2 aromatic rings. The van der Waals surface area contributed by atoms with E-state index in [9.17, 15) is 0 Å². The third-order valence-corrected chi connectivity index (χ3v) is 4.25. The zero-order valence-corrected chi connectivity index (χ0v) is 14.0. The fraction of sp³-hybridized carbons (Fsp3) is 0.235. The number of hydrogen-bond acceptors (Lipinski definition) is 2. The summed E-state index contributed by atoms with van der Waals surface area (Å²) in [7, 11) is 0. The summed E-state index contributed by atoms with van der Waals surface area (Å²) in [5.74, 6) is 0.985. The van der Waals surface area contributed by atoms with Crippen molar-refractivity contribution in [2.24, 2.45) is 0 Å². The van der Waals surface area contributed by atoms with Gasteiger partial charge in [0, 0.05) is 22.9 Å². The Morgan fingerprint density at radius 2 is 1.52 bits per heavy atom. The highest BCUT2D eigenvalue weighted by Crippen LogP contribution is 2.17. The van der Waals surface area contributed by atoms with Crippen LogP contribution in [0.1, 0.15) is 11.1 Å². The third-order valence-electron chi connectivity index (χ3n) is 2.99. The minimum atomic E-state index is 0.670. The van der Waals surface area contributed by atoms with E-state index in [0.29, 0.717) is 5.11 Å². The van der Waals surface area contributed by atoms with Crippen molar-refractivity contribution >= 4 is 34.8 Å². The first-order valence-electron chi connectivity index (χ1n) is 6.94. The van der Waals surface area contributed by atoms with Gasteiger partial charge in [-0.3, -0.25) is 0 Å². The zero-order valence-electron chi connectivity index (χ0n) is 12.3. The number of thiocarbonyl (C=S) groups is 1. The molecule has 0 amide bonds. The normalized spacial score (nSPS) is 10.2. The molecule has 0 radical (unpaired) electrons. The standard InChI is InChI=1S/C17H20N2S2/c1-13-3-7-15(8-4-13)19-17(20)18-11-12-21-16-9-5-14(2)6-10-16/h3-10H,11-12H2,1-2H3,(H2,18,19,20). The highest BCUT2D eigenvalue weighted by atomic mass is 32.2. The summed E-state index contributed by atoms with van der Waals surface area (Å²) < 4.78 is 0. The van der Waals surface area contributed by atoms with Gasteiger partial charge < -0.3 is 10.6 Å². The third kappa shape index (κ3) is 5.78. The molecule has 0 aliphatic rings. The molecule has 110 valence electrons. The number of rotatable bonds is 5. The lowest BCUT2D eigenvalue weighted by atomic mass is 10.2. The molecule has 0 aliphatic carbocycles. The number of nitrogens with one attached hydrogen (secondary N) is 2. The number of thioether (sulfide) groups is 1. The Balaban J connectivity index is 1.67. The van der Waals surface area contributed by atoms with Gasteiger partial charge in [-0.05, 0) is 50.3 Å². The van der Waals surface area contributed by atoms with E-state index >= 15 is 0 Å². The number of hydrogen-bond donors (Lipinski definition) is 2. The smallest absolute Gasteiger partial charge is 0.170 e. The molecule has 0 fully saturated rings. The number of anilines is 1. The second-order valence-corrected chi connectivity index (χ2v) is 6.49. The van der Waals surface area contributed by atoms with Gasteiger partial charge in [-0.1, -0.05) is 35.4 Å². The molecule has 0 saturated heterocycles. The Labute approximate surface area is 136 Å². The molecule has 0 spiro atoms. The Kier molecular flexibility index (Phi) is 6.08. The maximum absolute atomic E-state index is 5.28. The van der Waals surface area contributed by atoms with Crippen LogP contribution in [-0.2, 0) is 0 Å². The fourth-order valence-electron chi connectivity index (χ4n) is 1.78. The molecule has 0 saturated carbocycles. The van der Waals surface area contributed by atoms with Crippen molar-refractivity contribution in [3.05, 3.63) is 59.7 Å². The van der Waals surface area contributed by atoms with Crippen LogP contribution in [0, 0.1) is 13.8 Å². The van der Waals surface area contributed by atoms with E-state index in [2.05, 4.69) is 60.9 Å². The Bertz CT molecular complexity index is 577. The molecule has 2 aromatic carbocycles. The molecule has 2 N–H and O–H groups in total. The number of benzene rings is 2. The quantitative estimate of drug-likeness (QED) is 0.485. The second kappa shape index (κ2) is 8.05. The van der Waals surface area contributed by atoms with Crippen LogP contribution < -0.4 is 10.6 Å². The van der Waals surface area contributed by atoms with Gasteiger partial charge in [0.1, 0.15) is 0 Å². The maximum atomic E-state index is 5.28. The molecule has 0 atom stereocenters. The van der Waals surface area contributed by atoms with Crippen LogP contribution in [0.5, 0.6) is 0 Å². The van der Waals surface area contributed by atoms with Crippen LogP contribution in [0.4, 0.5) is 5.69 Å². The highest BCUT2D eigenvalue weighted by molar-refractivity contribution is 7.99. The van der Waals surface area contributed by atoms with Crippen LogP contribution in [0.3, 0.4) is 0 Å². The lowest BCUT2D eigenvalue weighted by molar-refractivity contribution is 0.990. The largest absolute Gasteiger partial charge is 0.362 e. The molecule has 0 aromatic heterocycles. The molecule has 0 bridgehead atoms. The summed E-state index contributed by atoms with van der Waals surface area (Å²) in [4.78, 5) is 1.29. The van der Waals surface area contributed by atoms with Crippen molar-refractivity contribution in [1.82, 2.24) is 5.32 Å². The molecule has 4 heteroatoms. The molecule has 21 heavy (non-hydrogen) atoms. The predicted octanol–water partition coefficient (Wildman–Crippen LogP) is 4.38. The van der Waals surface area contributed by atoms with Gasteiger partial charge in [0.25, 0.3) is 0 Å². The van der Waals surface area contributed by atoms with Gasteiger partial charge in [0.05, 0.1) is 0 Å². The van der Waals surface area contributed by atoms with Crippen molar-refractivity contribution in [2.45, 2.75) is 18.7 Å². The van der Waals surface area contributed by atoms with E-state index in [1.54, 1.807) is 0 Å². The number of aryl methyl sites for hydroxylation is 2. The fourth-order valence-corrected chi connectivity index (χ4v) is 2.77. The van der Waals surface area contributed by atoms with Gasteiger partial charge >= 0.3 is 0 Å². The molecule has 0 unspecified atom stereocenters. The molecule has 0 heterocycles. The van der Waals surface area contributed by atoms with Crippen LogP contribution >= 0.6 is 24.0 Å². The molecule has 2 nitrogen and oxygen atoms in total.